The van der Waals surface area contributed by atoms with Crippen molar-refractivity contribution in [2.24, 2.45) is 11.7 Å². The minimum absolute atomic E-state index is 0.109. The molecule has 0 bridgehead atoms. The number of aryl methyl sites for hydroxylation is 2. The van der Waals surface area contributed by atoms with Gasteiger partial charge in [0, 0.05) is 24.8 Å². The highest BCUT2D eigenvalue weighted by Crippen LogP contribution is 2.15. The van der Waals surface area contributed by atoms with Crippen LogP contribution in [0.25, 0.3) is 0 Å². The molecule has 2 rings (SSSR count). The van der Waals surface area contributed by atoms with Gasteiger partial charge in [-0.1, -0.05) is 6.92 Å². The van der Waals surface area contributed by atoms with Crippen LogP contribution in [0.2, 0.25) is 0 Å². The Hall–Kier alpha value is -1.36. The van der Waals surface area contributed by atoms with Gasteiger partial charge in [0.1, 0.15) is 6.54 Å². The summed E-state index contributed by atoms with van der Waals surface area (Å²) in [5, 5.41) is 4.32. The van der Waals surface area contributed by atoms with Crippen LogP contribution in [0, 0.1) is 19.8 Å². The van der Waals surface area contributed by atoms with Gasteiger partial charge in [0.15, 0.2) is 0 Å². The van der Waals surface area contributed by atoms with Crippen molar-refractivity contribution < 1.29 is 4.79 Å². The van der Waals surface area contributed by atoms with Gasteiger partial charge in [-0.05, 0) is 32.3 Å². The number of carbonyl (C=O) groups excluding carboxylic acids is 1. The topological polar surface area (TPSA) is 64.2 Å². The van der Waals surface area contributed by atoms with Crippen LogP contribution in [0.1, 0.15) is 24.7 Å². The lowest BCUT2D eigenvalue weighted by Gasteiger charge is -2.34. The minimum atomic E-state index is 0.109. The van der Waals surface area contributed by atoms with Gasteiger partial charge in [0.25, 0.3) is 0 Å². The maximum Gasteiger partial charge on any atom is 0.244 e. The van der Waals surface area contributed by atoms with E-state index in [0.29, 0.717) is 19.0 Å². The Kier molecular flexibility index (Phi) is 3.71. The zero-order chi connectivity index (χ0) is 13.3. The average Bonchev–Trinajstić information content (AvgIpc) is 2.56. The molecule has 1 saturated heterocycles. The molecule has 1 fully saturated rings. The van der Waals surface area contributed by atoms with Crippen LogP contribution in [0.4, 0.5) is 0 Å². The van der Waals surface area contributed by atoms with E-state index in [9.17, 15) is 4.79 Å². The highest BCUT2D eigenvalue weighted by Gasteiger charge is 2.26. The van der Waals surface area contributed by atoms with Crippen molar-refractivity contribution in [3.05, 3.63) is 17.5 Å². The molecule has 2 N–H and O–H groups in total. The summed E-state index contributed by atoms with van der Waals surface area (Å²) in [6.45, 7) is 7.85. The molecule has 0 saturated carbocycles. The molecule has 0 spiro atoms. The lowest BCUT2D eigenvalue weighted by Crippen LogP contribution is -2.49. The predicted octanol–water partition coefficient (Wildman–Crippen LogP) is 0.696. The van der Waals surface area contributed by atoms with E-state index >= 15 is 0 Å². The SMILES string of the molecule is Cc1cc(C)n(CC(=O)N2CC(C)CC(N)C2)n1. The van der Waals surface area contributed by atoms with Crippen LogP contribution >= 0.6 is 0 Å². The van der Waals surface area contributed by atoms with E-state index in [1.165, 1.54) is 0 Å². The van der Waals surface area contributed by atoms with Crippen LogP contribution < -0.4 is 5.73 Å². The predicted molar refractivity (Wildman–Crippen MR) is 70.0 cm³/mol. The summed E-state index contributed by atoms with van der Waals surface area (Å²) in [6.07, 6.45) is 1.00. The van der Waals surface area contributed by atoms with Crippen molar-refractivity contribution in [2.75, 3.05) is 13.1 Å². The van der Waals surface area contributed by atoms with Gasteiger partial charge < -0.3 is 10.6 Å². The summed E-state index contributed by atoms with van der Waals surface area (Å²) in [5.74, 6) is 0.598. The summed E-state index contributed by atoms with van der Waals surface area (Å²) in [4.78, 5) is 14.1. The lowest BCUT2D eigenvalue weighted by atomic mass is 9.96. The first kappa shape index (κ1) is 13.1. The first-order chi connectivity index (χ1) is 8.45. The molecule has 1 amide bonds. The van der Waals surface area contributed by atoms with Crippen LogP contribution in [-0.4, -0.2) is 39.7 Å². The Balaban J connectivity index is 2.01. The third-order valence-corrected chi connectivity index (χ3v) is 3.43. The van der Waals surface area contributed by atoms with Crippen molar-refractivity contribution in [1.82, 2.24) is 14.7 Å². The number of nitrogens with two attached hydrogens (primary N) is 1. The molecular weight excluding hydrogens is 228 g/mol. The molecule has 1 aliphatic heterocycles. The van der Waals surface area contributed by atoms with Crippen molar-refractivity contribution in [2.45, 2.75) is 39.8 Å². The van der Waals surface area contributed by atoms with Crippen molar-refractivity contribution in [3.63, 3.8) is 0 Å². The first-order valence-electron chi connectivity index (χ1n) is 6.50. The van der Waals surface area contributed by atoms with Crippen molar-refractivity contribution >= 4 is 5.91 Å². The van der Waals surface area contributed by atoms with Gasteiger partial charge in [-0.15, -0.1) is 0 Å². The van der Waals surface area contributed by atoms with E-state index in [-0.39, 0.29) is 11.9 Å². The van der Waals surface area contributed by atoms with Crippen LogP contribution in [-0.2, 0) is 11.3 Å². The summed E-state index contributed by atoms with van der Waals surface area (Å²) in [6, 6.07) is 2.09. The maximum absolute atomic E-state index is 12.2. The molecule has 0 aromatic carbocycles. The monoisotopic (exact) mass is 250 g/mol. The van der Waals surface area contributed by atoms with Crippen molar-refractivity contribution in [3.8, 4) is 0 Å². The Morgan fingerprint density at radius 3 is 2.78 bits per heavy atom. The molecule has 18 heavy (non-hydrogen) atoms. The third-order valence-electron chi connectivity index (χ3n) is 3.43. The fourth-order valence-electron chi connectivity index (χ4n) is 2.67. The quantitative estimate of drug-likeness (QED) is 0.840. The molecule has 5 heteroatoms. The van der Waals surface area contributed by atoms with Crippen LogP contribution in [0.15, 0.2) is 6.07 Å². The zero-order valence-corrected chi connectivity index (χ0v) is 11.4. The number of nitrogens with zero attached hydrogens (tertiary/aromatic N) is 3. The molecule has 2 heterocycles. The number of hydrogen-bond donors (Lipinski definition) is 1. The molecule has 0 aliphatic carbocycles. The number of carbonyl (C=O) groups is 1. The molecule has 1 aromatic rings. The normalized spacial score (nSPS) is 24.3. The Morgan fingerprint density at radius 2 is 2.22 bits per heavy atom. The summed E-state index contributed by atoms with van der Waals surface area (Å²) in [7, 11) is 0. The standard InChI is InChI=1S/C13H22N4O/c1-9-4-12(14)7-16(6-9)13(18)8-17-11(3)5-10(2)15-17/h5,9,12H,4,6-8,14H2,1-3H3. The molecule has 1 aromatic heterocycles. The van der Waals surface area contributed by atoms with Gasteiger partial charge in [-0.25, -0.2) is 0 Å². The second kappa shape index (κ2) is 5.10. The number of amides is 1. The maximum atomic E-state index is 12.2. The van der Waals surface area contributed by atoms with E-state index < -0.39 is 0 Å². The average molecular weight is 250 g/mol. The molecular formula is C13H22N4O. The van der Waals surface area contributed by atoms with Gasteiger partial charge in [0.2, 0.25) is 5.91 Å². The molecule has 2 unspecified atom stereocenters. The Labute approximate surface area is 108 Å². The van der Waals surface area contributed by atoms with Gasteiger partial charge in [-0.2, -0.15) is 5.10 Å². The highest BCUT2D eigenvalue weighted by molar-refractivity contribution is 5.76. The molecule has 1 aliphatic rings. The summed E-state index contributed by atoms with van der Waals surface area (Å²) >= 11 is 0. The lowest BCUT2D eigenvalue weighted by molar-refractivity contribution is -0.134. The molecule has 5 nitrogen and oxygen atoms in total. The van der Waals surface area contributed by atoms with Gasteiger partial charge in [-0.3, -0.25) is 9.48 Å². The minimum Gasteiger partial charge on any atom is -0.339 e. The largest absolute Gasteiger partial charge is 0.339 e. The fraction of sp³-hybridized carbons (Fsp3) is 0.692. The zero-order valence-electron chi connectivity index (χ0n) is 11.4. The van der Waals surface area contributed by atoms with Crippen molar-refractivity contribution in [1.29, 1.82) is 0 Å². The van der Waals surface area contributed by atoms with Gasteiger partial charge in [0.05, 0.1) is 5.69 Å². The van der Waals surface area contributed by atoms with E-state index in [4.69, 9.17) is 5.73 Å². The van der Waals surface area contributed by atoms with E-state index in [2.05, 4.69) is 12.0 Å². The van der Waals surface area contributed by atoms with Crippen LogP contribution in [0.3, 0.4) is 0 Å². The van der Waals surface area contributed by atoms with E-state index in [0.717, 1.165) is 24.4 Å². The van der Waals surface area contributed by atoms with Crippen LogP contribution in [0.5, 0.6) is 0 Å². The highest BCUT2D eigenvalue weighted by atomic mass is 16.2. The Morgan fingerprint density at radius 1 is 1.50 bits per heavy atom. The Bertz CT molecular complexity index is 430. The smallest absolute Gasteiger partial charge is 0.244 e. The second-order valence-corrected chi connectivity index (χ2v) is 5.48. The number of rotatable bonds is 2. The molecule has 2 atom stereocenters. The van der Waals surface area contributed by atoms with E-state index in [1.807, 2.05) is 24.8 Å². The van der Waals surface area contributed by atoms with E-state index in [1.54, 1.807) is 4.68 Å². The molecule has 0 radical (unpaired) electrons. The molecule has 100 valence electrons. The van der Waals surface area contributed by atoms with Gasteiger partial charge >= 0.3 is 0 Å². The number of aromatic nitrogens is 2. The summed E-state index contributed by atoms with van der Waals surface area (Å²) in [5.41, 5.74) is 7.94. The first-order valence-corrected chi connectivity index (χ1v) is 6.50. The number of hydrogen-bond acceptors (Lipinski definition) is 3. The second-order valence-electron chi connectivity index (χ2n) is 5.48. The third kappa shape index (κ3) is 2.90. The number of piperidine rings is 1. The summed E-state index contributed by atoms with van der Waals surface area (Å²) < 4.78 is 1.77. The number of likely N-dealkylation sites (tertiary alicyclic amines) is 1. The fourth-order valence-corrected chi connectivity index (χ4v) is 2.67.